The quantitative estimate of drug-likeness (QED) is 0.893. The summed E-state index contributed by atoms with van der Waals surface area (Å²) in [6.45, 7) is 0.836. The number of rotatable bonds is 3. The van der Waals surface area contributed by atoms with E-state index in [1.165, 1.54) is 5.56 Å². The van der Waals surface area contributed by atoms with Crippen molar-refractivity contribution in [3.8, 4) is 0 Å². The van der Waals surface area contributed by atoms with Gasteiger partial charge < -0.3 is 4.57 Å². The van der Waals surface area contributed by atoms with E-state index in [1.54, 1.807) is 6.07 Å². The van der Waals surface area contributed by atoms with Crippen LogP contribution in [-0.2, 0) is 13.0 Å². The van der Waals surface area contributed by atoms with Crippen molar-refractivity contribution >= 4 is 15.9 Å². The molecule has 1 aromatic carbocycles. The lowest BCUT2D eigenvalue weighted by molar-refractivity contribution is 0.650. The number of aromatic nitrogens is 1. The summed E-state index contributed by atoms with van der Waals surface area (Å²) in [6.07, 6.45) is 2.88. The Morgan fingerprint density at radius 1 is 1.06 bits per heavy atom. The first kappa shape index (κ1) is 11.1. The van der Waals surface area contributed by atoms with Crippen LogP contribution in [-0.4, -0.2) is 4.57 Å². The fraction of sp³-hybridized carbons (Fsp3) is 0.154. The Balaban J connectivity index is 2.12. The van der Waals surface area contributed by atoms with Crippen LogP contribution in [0.1, 0.15) is 5.56 Å². The van der Waals surface area contributed by atoms with Crippen LogP contribution < -0.4 is 5.49 Å². The maximum atomic E-state index is 7.74. The Bertz CT molecular complexity index is 531. The van der Waals surface area contributed by atoms with E-state index in [9.17, 15) is 0 Å². The minimum Gasteiger partial charge on any atom is -0.333 e. The third kappa shape index (κ3) is 2.61. The number of nitrogens with one attached hydrogen (secondary N) is 1. The third-order valence-corrected chi connectivity index (χ3v) is 3.29. The molecular weight excluding hydrogens is 264 g/mol. The van der Waals surface area contributed by atoms with E-state index < -0.39 is 0 Å². The molecule has 3 heteroatoms. The van der Waals surface area contributed by atoms with Gasteiger partial charge in [0.25, 0.3) is 0 Å². The predicted octanol–water partition coefficient (Wildman–Crippen LogP) is 2.97. The van der Waals surface area contributed by atoms with Gasteiger partial charge in [-0.3, -0.25) is 5.41 Å². The van der Waals surface area contributed by atoms with Crippen molar-refractivity contribution in [1.82, 2.24) is 4.57 Å². The number of nitrogens with zero attached hydrogens (tertiary/aromatic N) is 1. The van der Waals surface area contributed by atoms with Crippen LogP contribution in [0.4, 0.5) is 0 Å². The highest BCUT2D eigenvalue weighted by Crippen LogP contribution is 2.16. The Labute approximate surface area is 103 Å². The van der Waals surface area contributed by atoms with Crippen LogP contribution in [0.3, 0.4) is 0 Å². The molecule has 0 radical (unpaired) electrons. The van der Waals surface area contributed by atoms with Gasteiger partial charge in [-0.1, -0.05) is 40.2 Å². The van der Waals surface area contributed by atoms with Crippen molar-refractivity contribution in [2.75, 3.05) is 0 Å². The van der Waals surface area contributed by atoms with Crippen molar-refractivity contribution in [3.63, 3.8) is 0 Å². The van der Waals surface area contributed by atoms with E-state index in [1.807, 2.05) is 41.1 Å². The van der Waals surface area contributed by atoms with Gasteiger partial charge in [0.2, 0.25) is 0 Å². The first-order chi connectivity index (χ1) is 7.77. The summed E-state index contributed by atoms with van der Waals surface area (Å²) in [7, 11) is 0. The number of benzene rings is 1. The molecule has 1 aromatic heterocycles. The van der Waals surface area contributed by atoms with Gasteiger partial charge in [-0.25, -0.2) is 0 Å². The molecule has 16 heavy (non-hydrogen) atoms. The molecule has 1 heterocycles. The topological polar surface area (TPSA) is 28.8 Å². The van der Waals surface area contributed by atoms with Gasteiger partial charge in [-0.05, 0) is 30.2 Å². The average Bonchev–Trinajstić information content (AvgIpc) is 2.30. The largest absolute Gasteiger partial charge is 0.333 e. The summed E-state index contributed by atoms with van der Waals surface area (Å²) in [5, 5.41) is 7.74. The highest BCUT2D eigenvalue weighted by atomic mass is 79.9. The van der Waals surface area contributed by atoms with Crippen molar-refractivity contribution in [2.24, 2.45) is 0 Å². The second kappa shape index (κ2) is 5.12. The van der Waals surface area contributed by atoms with E-state index in [0.29, 0.717) is 5.49 Å². The van der Waals surface area contributed by atoms with Gasteiger partial charge >= 0.3 is 0 Å². The number of hydrogen-bond acceptors (Lipinski definition) is 1. The highest BCUT2D eigenvalue weighted by molar-refractivity contribution is 9.10. The van der Waals surface area contributed by atoms with Crippen LogP contribution in [0.15, 0.2) is 53.1 Å². The zero-order chi connectivity index (χ0) is 11.4. The molecular formula is C13H13BrN2. The lowest BCUT2D eigenvalue weighted by Crippen LogP contribution is -2.19. The molecule has 82 valence electrons. The summed E-state index contributed by atoms with van der Waals surface area (Å²) < 4.78 is 3.08. The second-order valence-corrected chi connectivity index (χ2v) is 4.48. The normalized spacial score (nSPS) is 10.3. The minimum absolute atomic E-state index is 0.551. The Kier molecular flexibility index (Phi) is 3.57. The average molecular weight is 277 g/mol. The number of aryl methyl sites for hydroxylation is 2. The van der Waals surface area contributed by atoms with Crippen molar-refractivity contribution in [3.05, 3.63) is 64.2 Å². The SMILES string of the molecule is N=c1ccccn1CCc1ccccc1Br. The van der Waals surface area contributed by atoms with Crippen LogP contribution >= 0.6 is 15.9 Å². The molecule has 0 bridgehead atoms. The summed E-state index contributed by atoms with van der Waals surface area (Å²) in [6, 6.07) is 13.9. The standard InChI is InChI=1S/C13H13BrN2/c14-12-6-2-1-5-11(12)8-10-16-9-4-3-7-13(16)15/h1-7,9,15H,8,10H2. The van der Waals surface area contributed by atoms with Crippen LogP contribution in [0, 0.1) is 5.41 Å². The summed E-state index contributed by atoms with van der Waals surface area (Å²) in [4.78, 5) is 0. The highest BCUT2D eigenvalue weighted by Gasteiger charge is 1.98. The van der Waals surface area contributed by atoms with Crippen molar-refractivity contribution in [1.29, 1.82) is 5.41 Å². The van der Waals surface area contributed by atoms with Crippen molar-refractivity contribution < 1.29 is 0 Å². The van der Waals surface area contributed by atoms with E-state index >= 15 is 0 Å². The van der Waals surface area contributed by atoms with E-state index in [-0.39, 0.29) is 0 Å². The van der Waals surface area contributed by atoms with E-state index in [2.05, 4.69) is 22.0 Å². The molecule has 2 rings (SSSR count). The Morgan fingerprint density at radius 3 is 2.56 bits per heavy atom. The summed E-state index contributed by atoms with van der Waals surface area (Å²) >= 11 is 3.53. The third-order valence-electron chi connectivity index (χ3n) is 2.52. The lowest BCUT2D eigenvalue weighted by Gasteiger charge is -2.07. The van der Waals surface area contributed by atoms with Gasteiger partial charge in [-0.2, -0.15) is 0 Å². The first-order valence-corrected chi connectivity index (χ1v) is 6.00. The van der Waals surface area contributed by atoms with Gasteiger partial charge in [-0.15, -0.1) is 0 Å². The molecule has 0 aliphatic rings. The van der Waals surface area contributed by atoms with Crippen LogP contribution in [0.5, 0.6) is 0 Å². The molecule has 0 saturated carbocycles. The molecule has 0 saturated heterocycles. The maximum absolute atomic E-state index is 7.74. The second-order valence-electron chi connectivity index (χ2n) is 3.62. The van der Waals surface area contributed by atoms with Gasteiger partial charge in [0.1, 0.15) is 5.49 Å². The van der Waals surface area contributed by atoms with E-state index in [0.717, 1.165) is 17.4 Å². The molecule has 0 aliphatic heterocycles. The van der Waals surface area contributed by atoms with Crippen molar-refractivity contribution in [2.45, 2.75) is 13.0 Å². The van der Waals surface area contributed by atoms with Crippen LogP contribution in [0.2, 0.25) is 0 Å². The molecule has 2 aromatic rings. The zero-order valence-corrected chi connectivity index (χ0v) is 10.4. The maximum Gasteiger partial charge on any atom is 0.124 e. The van der Waals surface area contributed by atoms with Gasteiger partial charge in [0.15, 0.2) is 0 Å². The predicted molar refractivity (Wildman–Crippen MR) is 68.1 cm³/mol. The van der Waals surface area contributed by atoms with Gasteiger partial charge in [0.05, 0.1) is 0 Å². The fourth-order valence-electron chi connectivity index (χ4n) is 1.61. The van der Waals surface area contributed by atoms with E-state index in [4.69, 9.17) is 5.41 Å². The first-order valence-electron chi connectivity index (χ1n) is 5.21. The van der Waals surface area contributed by atoms with Crippen LogP contribution in [0.25, 0.3) is 0 Å². The molecule has 0 spiro atoms. The number of hydrogen-bond donors (Lipinski definition) is 1. The molecule has 2 nitrogen and oxygen atoms in total. The molecule has 0 unspecified atom stereocenters. The molecule has 0 atom stereocenters. The minimum atomic E-state index is 0.551. The fourth-order valence-corrected chi connectivity index (χ4v) is 2.10. The Morgan fingerprint density at radius 2 is 1.81 bits per heavy atom. The van der Waals surface area contributed by atoms with Gasteiger partial charge in [0, 0.05) is 17.2 Å². The summed E-state index contributed by atoms with van der Waals surface area (Å²) in [5.74, 6) is 0. The molecule has 1 N–H and O–H groups in total. The smallest absolute Gasteiger partial charge is 0.124 e. The number of halogens is 1. The molecule has 0 fully saturated rings. The Hall–Kier alpha value is -1.35. The molecule has 0 amide bonds. The molecule has 0 aliphatic carbocycles. The number of pyridine rings is 1. The lowest BCUT2D eigenvalue weighted by atomic mass is 10.1. The summed E-state index contributed by atoms with van der Waals surface area (Å²) in [5.41, 5.74) is 1.83. The zero-order valence-electron chi connectivity index (χ0n) is 8.86. The monoisotopic (exact) mass is 276 g/mol.